The Balaban J connectivity index is 1.89. The van der Waals surface area contributed by atoms with Crippen LogP contribution in [0.15, 0.2) is 24.3 Å². The number of fused-ring (bicyclic) bond motifs is 1. The van der Waals surface area contributed by atoms with Crippen LogP contribution >= 0.6 is 0 Å². The molecule has 1 N–H and O–H groups in total. The Morgan fingerprint density at radius 3 is 2.90 bits per heavy atom. The van der Waals surface area contributed by atoms with E-state index in [9.17, 15) is 4.79 Å². The fraction of sp³-hybridized carbons (Fsp3) is 0.412. The van der Waals surface area contributed by atoms with Gasteiger partial charge in [-0.1, -0.05) is 6.07 Å². The van der Waals surface area contributed by atoms with Crippen molar-refractivity contribution in [3.63, 3.8) is 0 Å². The number of hydrogen-bond acceptors (Lipinski definition) is 3. The van der Waals surface area contributed by atoms with Gasteiger partial charge >= 0.3 is 0 Å². The fourth-order valence-corrected chi connectivity index (χ4v) is 2.44. The second-order valence-electron chi connectivity index (χ2n) is 5.64. The monoisotopic (exact) mass is 284 g/mol. The molecule has 1 aromatic heterocycles. The average Bonchev–Trinajstić information content (AvgIpc) is 3.23. The number of amides is 1. The molecule has 1 amide bonds. The first-order valence-electron chi connectivity index (χ1n) is 7.43. The Morgan fingerprint density at radius 2 is 2.19 bits per heavy atom. The quantitative estimate of drug-likeness (QED) is 0.918. The summed E-state index contributed by atoms with van der Waals surface area (Å²) in [6, 6.07) is 8.27. The summed E-state index contributed by atoms with van der Waals surface area (Å²) in [5.74, 6) is 0.904. The summed E-state index contributed by atoms with van der Waals surface area (Å²) in [5.41, 5.74) is 2.01. The molecule has 0 spiro atoms. The molecule has 2 aromatic rings. The van der Waals surface area contributed by atoms with Crippen LogP contribution in [0.5, 0.6) is 5.75 Å². The van der Waals surface area contributed by atoms with Crippen molar-refractivity contribution in [1.29, 1.82) is 0 Å². The molecule has 4 nitrogen and oxygen atoms in total. The summed E-state index contributed by atoms with van der Waals surface area (Å²) < 4.78 is 5.86. The van der Waals surface area contributed by atoms with Crippen LogP contribution in [0.2, 0.25) is 0 Å². The van der Waals surface area contributed by atoms with Gasteiger partial charge < -0.3 is 10.1 Å². The predicted octanol–water partition coefficient (Wildman–Crippen LogP) is 2.76. The molecule has 1 aromatic carbocycles. The van der Waals surface area contributed by atoms with Crippen LogP contribution in [0, 0.1) is 6.92 Å². The van der Waals surface area contributed by atoms with E-state index in [0.717, 1.165) is 41.8 Å². The molecular weight excluding hydrogens is 264 g/mol. The number of pyridine rings is 1. The minimum atomic E-state index is -0.00952. The van der Waals surface area contributed by atoms with Crippen molar-refractivity contribution in [1.82, 2.24) is 10.3 Å². The Labute approximate surface area is 124 Å². The third-order valence-corrected chi connectivity index (χ3v) is 3.57. The summed E-state index contributed by atoms with van der Waals surface area (Å²) in [6.07, 6.45) is 3.42. The smallest absolute Gasteiger partial charge is 0.216 e. The minimum absolute atomic E-state index is 0.00952. The highest BCUT2D eigenvalue weighted by atomic mass is 16.5. The van der Waals surface area contributed by atoms with Gasteiger partial charge in [0.05, 0.1) is 11.8 Å². The molecule has 0 saturated heterocycles. The van der Waals surface area contributed by atoms with Crippen molar-refractivity contribution in [3.05, 3.63) is 35.7 Å². The summed E-state index contributed by atoms with van der Waals surface area (Å²) in [4.78, 5) is 15.6. The van der Waals surface area contributed by atoms with E-state index >= 15 is 0 Å². The zero-order chi connectivity index (χ0) is 14.8. The Bertz CT molecular complexity index is 678. The molecule has 1 heterocycles. The summed E-state index contributed by atoms with van der Waals surface area (Å²) >= 11 is 0. The second-order valence-corrected chi connectivity index (χ2v) is 5.64. The largest absolute Gasteiger partial charge is 0.490 e. The second kappa shape index (κ2) is 5.72. The highest BCUT2D eigenvalue weighted by Crippen LogP contribution is 2.30. The third kappa shape index (κ3) is 3.51. The van der Waals surface area contributed by atoms with Crippen molar-refractivity contribution in [2.24, 2.45) is 0 Å². The van der Waals surface area contributed by atoms with Gasteiger partial charge in [-0.25, -0.2) is 0 Å². The summed E-state index contributed by atoms with van der Waals surface area (Å²) in [6.45, 7) is 4.13. The Morgan fingerprint density at radius 1 is 1.38 bits per heavy atom. The lowest BCUT2D eigenvalue weighted by molar-refractivity contribution is -0.118. The first kappa shape index (κ1) is 13.9. The molecule has 1 aliphatic carbocycles. The third-order valence-electron chi connectivity index (χ3n) is 3.57. The van der Waals surface area contributed by atoms with Gasteiger partial charge in [-0.05, 0) is 43.4 Å². The number of aromatic nitrogens is 1. The van der Waals surface area contributed by atoms with Crippen LogP contribution in [0.3, 0.4) is 0 Å². The maximum Gasteiger partial charge on any atom is 0.216 e. The number of nitrogens with zero attached hydrogens (tertiary/aromatic N) is 1. The van der Waals surface area contributed by atoms with Crippen LogP contribution in [0.4, 0.5) is 0 Å². The zero-order valence-electron chi connectivity index (χ0n) is 12.5. The van der Waals surface area contributed by atoms with E-state index in [2.05, 4.69) is 28.5 Å². The molecule has 21 heavy (non-hydrogen) atoms. The number of carbonyl (C=O) groups is 1. The number of benzene rings is 1. The molecule has 0 unspecified atom stereocenters. The highest BCUT2D eigenvalue weighted by molar-refractivity contribution is 5.86. The highest BCUT2D eigenvalue weighted by Gasteiger charge is 2.23. The first-order chi connectivity index (χ1) is 10.1. The van der Waals surface area contributed by atoms with Crippen LogP contribution in [-0.4, -0.2) is 23.5 Å². The van der Waals surface area contributed by atoms with Gasteiger partial charge in [0.15, 0.2) is 0 Å². The molecule has 0 atom stereocenters. The predicted molar refractivity (Wildman–Crippen MR) is 82.5 cm³/mol. The van der Waals surface area contributed by atoms with Crippen molar-refractivity contribution < 1.29 is 9.53 Å². The van der Waals surface area contributed by atoms with E-state index in [4.69, 9.17) is 4.74 Å². The first-order valence-corrected chi connectivity index (χ1v) is 7.43. The van der Waals surface area contributed by atoms with E-state index in [1.165, 1.54) is 12.3 Å². The van der Waals surface area contributed by atoms with E-state index in [-0.39, 0.29) is 5.91 Å². The van der Waals surface area contributed by atoms with Crippen LogP contribution in [-0.2, 0) is 11.2 Å². The topological polar surface area (TPSA) is 51.2 Å². The van der Waals surface area contributed by atoms with E-state index in [1.807, 2.05) is 13.0 Å². The van der Waals surface area contributed by atoms with Crippen LogP contribution in [0.25, 0.3) is 10.8 Å². The van der Waals surface area contributed by atoms with E-state index < -0.39 is 0 Å². The van der Waals surface area contributed by atoms with Gasteiger partial charge in [0.25, 0.3) is 0 Å². The molecule has 4 heteroatoms. The molecule has 0 radical (unpaired) electrons. The van der Waals surface area contributed by atoms with Gasteiger partial charge in [0.1, 0.15) is 5.75 Å². The standard InChI is InChI=1S/C17H20N2O2/c1-11-9-13-3-4-15(21-14-5-6-14)10-16(13)17(19-11)7-8-18-12(2)20/h3-4,9-10,14H,5-8H2,1-2H3,(H,18,20). The van der Waals surface area contributed by atoms with Gasteiger partial charge in [-0.15, -0.1) is 0 Å². The molecule has 0 bridgehead atoms. The van der Waals surface area contributed by atoms with Crippen LogP contribution in [0.1, 0.15) is 31.2 Å². The molecule has 1 saturated carbocycles. The molecule has 110 valence electrons. The Hall–Kier alpha value is -2.10. The zero-order valence-corrected chi connectivity index (χ0v) is 12.5. The maximum absolute atomic E-state index is 11.0. The fourth-order valence-electron chi connectivity index (χ4n) is 2.44. The number of rotatable bonds is 5. The molecule has 3 rings (SSSR count). The molecule has 1 aliphatic rings. The lowest BCUT2D eigenvalue weighted by Crippen LogP contribution is -2.22. The van der Waals surface area contributed by atoms with E-state index in [0.29, 0.717) is 12.6 Å². The number of carbonyl (C=O) groups excluding carboxylic acids is 1. The molecule has 0 aliphatic heterocycles. The number of aryl methyl sites for hydroxylation is 1. The lowest BCUT2D eigenvalue weighted by atomic mass is 10.1. The van der Waals surface area contributed by atoms with Crippen molar-refractivity contribution in [2.45, 2.75) is 39.2 Å². The van der Waals surface area contributed by atoms with Crippen molar-refractivity contribution >= 4 is 16.7 Å². The van der Waals surface area contributed by atoms with Gasteiger partial charge in [0, 0.05) is 31.0 Å². The normalized spacial score (nSPS) is 14.2. The maximum atomic E-state index is 11.0. The SMILES string of the molecule is CC(=O)NCCc1nc(C)cc2ccc(OC3CC3)cc12. The summed E-state index contributed by atoms with van der Waals surface area (Å²) in [7, 11) is 0. The number of hydrogen-bond donors (Lipinski definition) is 1. The average molecular weight is 284 g/mol. The Kier molecular flexibility index (Phi) is 3.78. The van der Waals surface area contributed by atoms with Gasteiger partial charge in [-0.3, -0.25) is 9.78 Å². The molecule has 1 fully saturated rings. The minimum Gasteiger partial charge on any atom is -0.490 e. The van der Waals surface area contributed by atoms with Crippen molar-refractivity contribution in [2.75, 3.05) is 6.54 Å². The molecular formula is C17H20N2O2. The van der Waals surface area contributed by atoms with Gasteiger partial charge in [-0.2, -0.15) is 0 Å². The summed E-state index contributed by atoms with van der Waals surface area (Å²) in [5, 5.41) is 5.11. The lowest BCUT2D eigenvalue weighted by Gasteiger charge is -2.10. The number of ether oxygens (including phenoxy) is 1. The van der Waals surface area contributed by atoms with Crippen LogP contribution < -0.4 is 10.1 Å². The van der Waals surface area contributed by atoms with E-state index in [1.54, 1.807) is 0 Å². The van der Waals surface area contributed by atoms with Gasteiger partial charge in [0.2, 0.25) is 5.91 Å². The number of nitrogens with one attached hydrogen (secondary N) is 1. The van der Waals surface area contributed by atoms with Crippen molar-refractivity contribution in [3.8, 4) is 5.75 Å².